The number of aromatic nitrogens is 2. The molecule has 2 aromatic heterocycles. The summed E-state index contributed by atoms with van der Waals surface area (Å²) in [4.78, 5) is 6.33. The van der Waals surface area contributed by atoms with Crippen LogP contribution in [0, 0.1) is 26.6 Å². The van der Waals surface area contributed by atoms with E-state index >= 15 is 0 Å². The minimum Gasteiger partial charge on any atom is -0.495 e. The molecule has 4 rings (SSSR count). The molecule has 0 unspecified atom stereocenters. The lowest BCUT2D eigenvalue weighted by Crippen LogP contribution is -2.24. The van der Waals surface area contributed by atoms with E-state index in [1.807, 2.05) is 31.4 Å². The molecule has 0 atom stereocenters. The highest BCUT2D eigenvalue weighted by Gasteiger charge is 2.22. The second kappa shape index (κ2) is 8.07. The Morgan fingerprint density at radius 1 is 1.13 bits per heavy atom. The zero-order valence-corrected chi connectivity index (χ0v) is 19.2. The first-order valence-electron chi connectivity index (χ1n) is 9.58. The molecular weight excluding hydrogens is 437 g/mol. The smallest absolute Gasteiger partial charge is 0.244 e. The first-order valence-corrected chi connectivity index (χ1v) is 11.9. The fourth-order valence-electron chi connectivity index (χ4n) is 3.29. The summed E-state index contributed by atoms with van der Waals surface area (Å²) < 4.78 is 48.9. The van der Waals surface area contributed by atoms with Crippen molar-refractivity contribution in [3.05, 3.63) is 70.1 Å². The Kier molecular flexibility index (Phi) is 5.59. The normalized spacial score (nSPS) is 11.9. The fourth-order valence-corrected chi connectivity index (χ4v) is 5.65. The van der Waals surface area contributed by atoms with Crippen LogP contribution >= 0.6 is 11.3 Å². The lowest BCUT2D eigenvalue weighted by Gasteiger charge is -2.13. The predicted octanol–water partition coefficient (Wildman–Crippen LogP) is 4.61. The van der Waals surface area contributed by atoms with Crippen LogP contribution in [0.3, 0.4) is 0 Å². The van der Waals surface area contributed by atoms with Gasteiger partial charge in [-0.1, -0.05) is 11.3 Å². The SMILES string of the molecule is COc1cc(C)c(C)cc1S(=O)(=O)NCc1sc2nc(-c3ccc(F)cc3)cn2c1C. The van der Waals surface area contributed by atoms with Gasteiger partial charge in [-0.3, -0.25) is 4.40 Å². The zero-order valence-electron chi connectivity index (χ0n) is 17.6. The average Bonchev–Trinajstić information content (AvgIpc) is 3.28. The number of benzene rings is 2. The highest BCUT2D eigenvalue weighted by atomic mass is 32.2. The standard InChI is InChI=1S/C22H22FN3O3S2/c1-13-9-19(29-4)21(10-14(13)2)31(27,28)24-11-20-15(3)26-12-18(25-22(26)30-20)16-5-7-17(23)8-6-16/h5-10,12,24H,11H2,1-4H3. The van der Waals surface area contributed by atoms with Gasteiger partial charge in [0, 0.05) is 28.9 Å². The monoisotopic (exact) mass is 459 g/mol. The van der Waals surface area contributed by atoms with Crippen molar-refractivity contribution in [2.75, 3.05) is 7.11 Å². The number of fused-ring (bicyclic) bond motifs is 1. The number of sulfonamides is 1. The molecule has 0 amide bonds. The third-order valence-electron chi connectivity index (χ3n) is 5.29. The van der Waals surface area contributed by atoms with E-state index in [2.05, 4.69) is 9.71 Å². The minimum absolute atomic E-state index is 0.121. The summed E-state index contributed by atoms with van der Waals surface area (Å²) >= 11 is 1.41. The molecule has 2 aromatic carbocycles. The van der Waals surface area contributed by atoms with Crippen LogP contribution in [0.5, 0.6) is 5.75 Å². The summed E-state index contributed by atoms with van der Waals surface area (Å²) in [7, 11) is -2.31. The molecule has 0 aliphatic carbocycles. The summed E-state index contributed by atoms with van der Waals surface area (Å²) in [6.07, 6.45) is 1.87. The zero-order chi connectivity index (χ0) is 22.3. The number of nitrogens with zero attached hydrogens (tertiary/aromatic N) is 2. The van der Waals surface area contributed by atoms with Crippen molar-refractivity contribution in [3.63, 3.8) is 0 Å². The minimum atomic E-state index is -3.77. The molecule has 0 fully saturated rings. The van der Waals surface area contributed by atoms with E-state index in [1.54, 1.807) is 24.3 Å². The van der Waals surface area contributed by atoms with Crippen molar-refractivity contribution in [3.8, 4) is 17.0 Å². The molecule has 0 saturated heterocycles. The van der Waals surface area contributed by atoms with E-state index in [0.29, 0.717) is 5.75 Å². The van der Waals surface area contributed by atoms with Gasteiger partial charge in [0.1, 0.15) is 16.5 Å². The van der Waals surface area contributed by atoms with Gasteiger partial charge in [-0.15, -0.1) is 0 Å². The number of nitrogens with one attached hydrogen (secondary N) is 1. The molecule has 1 N–H and O–H groups in total. The van der Waals surface area contributed by atoms with Gasteiger partial charge in [0.05, 0.1) is 12.8 Å². The Morgan fingerprint density at radius 2 is 1.81 bits per heavy atom. The number of hydrogen-bond donors (Lipinski definition) is 1. The summed E-state index contributed by atoms with van der Waals surface area (Å²) in [6, 6.07) is 9.52. The van der Waals surface area contributed by atoms with E-state index in [0.717, 1.165) is 37.9 Å². The van der Waals surface area contributed by atoms with Crippen LogP contribution in [0.15, 0.2) is 47.5 Å². The van der Waals surface area contributed by atoms with Crippen LogP contribution in [0.1, 0.15) is 21.7 Å². The molecule has 31 heavy (non-hydrogen) atoms. The Morgan fingerprint density at radius 3 is 2.45 bits per heavy atom. The average molecular weight is 460 g/mol. The van der Waals surface area contributed by atoms with Gasteiger partial charge in [-0.25, -0.2) is 22.5 Å². The predicted molar refractivity (Wildman–Crippen MR) is 120 cm³/mol. The van der Waals surface area contributed by atoms with Crippen LogP contribution in [0.4, 0.5) is 4.39 Å². The van der Waals surface area contributed by atoms with E-state index in [1.165, 1.54) is 30.6 Å². The Bertz CT molecular complexity index is 1370. The number of rotatable bonds is 6. The van der Waals surface area contributed by atoms with E-state index < -0.39 is 10.0 Å². The van der Waals surface area contributed by atoms with Gasteiger partial charge in [0.2, 0.25) is 10.0 Å². The molecule has 2 heterocycles. The molecule has 0 radical (unpaired) electrons. The van der Waals surface area contributed by atoms with Gasteiger partial charge in [0.15, 0.2) is 4.96 Å². The molecule has 6 nitrogen and oxygen atoms in total. The van der Waals surface area contributed by atoms with Crippen LogP contribution in [-0.2, 0) is 16.6 Å². The lowest BCUT2D eigenvalue weighted by atomic mass is 10.1. The second-order valence-electron chi connectivity index (χ2n) is 7.31. The number of aryl methyl sites for hydroxylation is 3. The van der Waals surface area contributed by atoms with E-state index in [-0.39, 0.29) is 17.3 Å². The summed E-state index contributed by atoms with van der Waals surface area (Å²) in [6.45, 7) is 5.83. The molecule has 162 valence electrons. The van der Waals surface area contributed by atoms with Crippen molar-refractivity contribution < 1.29 is 17.5 Å². The van der Waals surface area contributed by atoms with Crippen LogP contribution < -0.4 is 9.46 Å². The molecule has 0 saturated carbocycles. The van der Waals surface area contributed by atoms with Gasteiger partial charge >= 0.3 is 0 Å². The number of imidazole rings is 1. The lowest BCUT2D eigenvalue weighted by molar-refractivity contribution is 0.402. The number of methoxy groups -OCH3 is 1. The molecule has 9 heteroatoms. The first-order chi connectivity index (χ1) is 14.7. The van der Waals surface area contributed by atoms with Crippen LogP contribution in [0.25, 0.3) is 16.2 Å². The molecular formula is C22H22FN3O3S2. The topological polar surface area (TPSA) is 72.7 Å². The van der Waals surface area contributed by atoms with Gasteiger partial charge < -0.3 is 4.74 Å². The second-order valence-corrected chi connectivity index (χ2v) is 10.1. The summed E-state index contributed by atoms with van der Waals surface area (Å²) in [5, 5.41) is 0. The number of halogens is 1. The number of ether oxygens (including phenoxy) is 1. The van der Waals surface area contributed by atoms with Crippen molar-refractivity contribution in [1.29, 1.82) is 0 Å². The van der Waals surface area contributed by atoms with Crippen molar-refractivity contribution >= 4 is 26.3 Å². The third kappa shape index (κ3) is 4.08. The molecule has 0 bridgehead atoms. The Labute approximate surface area is 184 Å². The van der Waals surface area contributed by atoms with Crippen molar-refractivity contribution in [1.82, 2.24) is 14.1 Å². The highest BCUT2D eigenvalue weighted by molar-refractivity contribution is 7.89. The highest BCUT2D eigenvalue weighted by Crippen LogP contribution is 2.30. The molecule has 0 spiro atoms. The summed E-state index contributed by atoms with van der Waals surface area (Å²) in [5.74, 6) is 0.0215. The van der Waals surface area contributed by atoms with Gasteiger partial charge in [-0.05, 0) is 68.3 Å². The molecule has 0 aliphatic heterocycles. The Hall–Kier alpha value is -2.75. The quantitative estimate of drug-likeness (QED) is 0.457. The van der Waals surface area contributed by atoms with Crippen LogP contribution in [-0.4, -0.2) is 24.9 Å². The fraction of sp³-hybridized carbons (Fsp3) is 0.227. The Balaban J connectivity index is 1.59. The third-order valence-corrected chi connectivity index (χ3v) is 7.86. The number of hydrogen-bond acceptors (Lipinski definition) is 5. The van der Waals surface area contributed by atoms with Gasteiger partial charge in [-0.2, -0.15) is 0 Å². The maximum absolute atomic E-state index is 13.2. The van der Waals surface area contributed by atoms with E-state index in [9.17, 15) is 12.8 Å². The molecule has 4 aromatic rings. The van der Waals surface area contributed by atoms with Crippen molar-refractivity contribution in [2.45, 2.75) is 32.2 Å². The maximum atomic E-state index is 13.2. The van der Waals surface area contributed by atoms with Crippen LogP contribution in [0.2, 0.25) is 0 Å². The number of thiazole rings is 1. The van der Waals surface area contributed by atoms with Crippen molar-refractivity contribution in [2.24, 2.45) is 0 Å². The largest absolute Gasteiger partial charge is 0.495 e. The first kappa shape index (κ1) is 21.5. The maximum Gasteiger partial charge on any atom is 0.244 e. The van der Waals surface area contributed by atoms with E-state index in [4.69, 9.17) is 4.74 Å². The van der Waals surface area contributed by atoms with Gasteiger partial charge in [0.25, 0.3) is 0 Å². The summed E-state index contributed by atoms with van der Waals surface area (Å²) in [5.41, 5.74) is 4.29. The molecule has 0 aliphatic rings.